The molecule has 1 N–H and O–H groups in total. The standard InChI is InChI=1S/C16H19ClFN5O.ClH/c1-10-15(16(24)22-6-5-11(9-22)8-19-2)20-21-23(10)12-3-4-14(18)13(17)7-12;/h3-4,7,11,19H,5-6,8-9H2,1-2H3;1H. The van der Waals surface area contributed by atoms with Crippen LogP contribution < -0.4 is 5.32 Å². The maximum Gasteiger partial charge on any atom is 0.276 e. The van der Waals surface area contributed by atoms with Crippen molar-refractivity contribution in [2.75, 3.05) is 26.7 Å². The molecule has 6 nitrogen and oxygen atoms in total. The van der Waals surface area contributed by atoms with E-state index in [1.165, 1.54) is 16.8 Å². The van der Waals surface area contributed by atoms with Crippen molar-refractivity contribution in [1.29, 1.82) is 0 Å². The quantitative estimate of drug-likeness (QED) is 0.874. The smallest absolute Gasteiger partial charge is 0.276 e. The molecule has 0 spiro atoms. The van der Waals surface area contributed by atoms with Crippen molar-refractivity contribution < 1.29 is 9.18 Å². The number of hydrogen-bond donors (Lipinski definition) is 1. The van der Waals surface area contributed by atoms with Gasteiger partial charge in [-0.25, -0.2) is 9.07 Å². The first-order valence-electron chi connectivity index (χ1n) is 7.83. The van der Waals surface area contributed by atoms with Gasteiger partial charge < -0.3 is 10.2 Å². The largest absolute Gasteiger partial charge is 0.337 e. The Bertz CT molecular complexity index is 767. The van der Waals surface area contributed by atoms with E-state index in [1.54, 1.807) is 17.9 Å². The highest BCUT2D eigenvalue weighted by Crippen LogP contribution is 2.22. The number of nitrogens with one attached hydrogen (secondary N) is 1. The second-order valence-electron chi connectivity index (χ2n) is 6.00. The SMILES string of the molecule is CNCC1CCN(C(=O)c2nnn(-c3ccc(F)c(Cl)c3)c2C)C1.Cl. The van der Waals surface area contributed by atoms with Gasteiger partial charge in [0, 0.05) is 13.1 Å². The fourth-order valence-corrected chi connectivity index (χ4v) is 3.19. The lowest BCUT2D eigenvalue weighted by molar-refractivity contribution is 0.0780. The number of amides is 1. The summed E-state index contributed by atoms with van der Waals surface area (Å²) < 4.78 is 14.8. The monoisotopic (exact) mass is 387 g/mol. The van der Waals surface area contributed by atoms with Crippen LogP contribution in [0.4, 0.5) is 4.39 Å². The Hall–Kier alpha value is -1.70. The third-order valence-corrected chi connectivity index (χ3v) is 4.60. The highest BCUT2D eigenvalue weighted by atomic mass is 35.5. The van der Waals surface area contributed by atoms with Crippen molar-refractivity contribution in [2.45, 2.75) is 13.3 Å². The van der Waals surface area contributed by atoms with Crippen molar-refractivity contribution in [1.82, 2.24) is 25.2 Å². The van der Waals surface area contributed by atoms with Gasteiger partial charge in [0.05, 0.1) is 16.4 Å². The topological polar surface area (TPSA) is 63.1 Å². The number of nitrogens with zero attached hydrogens (tertiary/aromatic N) is 4. The molecule has 3 rings (SSSR count). The minimum absolute atomic E-state index is 0. The summed E-state index contributed by atoms with van der Waals surface area (Å²) >= 11 is 5.82. The lowest BCUT2D eigenvalue weighted by atomic mass is 10.1. The minimum atomic E-state index is -0.498. The van der Waals surface area contributed by atoms with Gasteiger partial charge in [0.25, 0.3) is 5.91 Å². The zero-order chi connectivity index (χ0) is 17.3. The van der Waals surface area contributed by atoms with E-state index in [9.17, 15) is 9.18 Å². The molecule has 136 valence electrons. The Balaban J connectivity index is 0.00000225. The number of likely N-dealkylation sites (tertiary alicyclic amines) is 1. The maximum atomic E-state index is 13.3. The summed E-state index contributed by atoms with van der Waals surface area (Å²) in [6, 6.07) is 4.28. The third-order valence-electron chi connectivity index (χ3n) is 4.31. The Morgan fingerprint density at radius 2 is 2.24 bits per heavy atom. The molecule has 1 fully saturated rings. The van der Waals surface area contributed by atoms with Crippen LogP contribution in [-0.4, -0.2) is 52.5 Å². The van der Waals surface area contributed by atoms with E-state index in [0.717, 1.165) is 19.5 Å². The van der Waals surface area contributed by atoms with Crippen LogP contribution in [0, 0.1) is 18.7 Å². The lowest BCUT2D eigenvalue weighted by Crippen LogP contribution is -2.31. The maximum absolute atomic E-state index is 13.3. The lowest BCUT2D eigenvalue weighted by Gasteiger charge is -2.15. The summed E-state index contributed by atoms with van der Waals surface area (Å²) in [7, 11) is 1.91. The van der Waals surface area contributed by atoms with Gasteiger partial charge in [-0.2, -0.15) is 0 Å². The summed E-state index contributed by atoms with van der Waals surface area (Å²) in [6.07, 6.45) is 0.979. The fraction of sp³-hybridized carbons (Fsp3) is 0.438. The first-order valence-corrected chi connectivity index (χ1v) is 8.20. The van der Waals surface area contributed by atoms with Gasteiger partial charge in [-0.3, -0.25) is 4.79 Å². The summed E-state index contributed by atoms with van der Waals surface area (Å²) in [5.74, 6) is -0.155. The molecule has 2 aromatic rings. The molecule has 1 aliphatic heterocycles. The molecule has 1 aromatic carbocycles. The Labute approximate surface area is 156 Å². The first-order chi connectivity index (χ1) is 11.5. The molecule has 25 heavy (non-hydrogen) atoms. The van der Waals surface area contributed by atoms with Crippen LogP contribution in [0.1, 0.15) is 22.6 Å². The molecule has 9 heteroatoms. The molecular weight excluding hydrogens is 368 g/mol. The molecule has 0 radical (unpaired) electrons. The molecule has 1 saturated heterocycles. The van der Waals surface area contributed by atoms with Crippen LogP contribution in [0.15, 0.2) is 18.2 Å². The normalized spacial score (nSPS) is 16.8. The van der Waals surface area contributed by atoms with Crippen LogP contribution in [0.2, 0.25) is 5.02 Å². The van der Waals surface area contributed by atoms with Gasteiger partial charge in [-0.1, -0.05) is 16.8 Å². The number of aromatic nitrogens is 3. The predicted molar refractivity (Wildman–Crippen MR) is 96.2 cm³/mol. The number of benzene rings is 1. The van der Waals surface area contributed by atoms with E-state index in [1.807, 2.05) is 7.05 Å². The fourth-order valence-electron chi connectivity index (χ4n) is 3.01. The number of carbonyl (C=O) groups is 1. The van der Waals surface area contributed by atoms with E-state index < -0.39 is 5.82 Å². The second-order valence-corrected chi connectivity index (χ2v) is 6.40. The van der Waals surface area contributed by atoms with Crippen molar-refractivity contribution in [2.24, 2.45) is 5.92 Å². The van der Waals surface area contributed by atoms with Crippen LogP contribution in [-0.2, 0) is 0 Å². The van der Waals surface area contributed by atoms with Crippen molar-refractivity contribution in [3.05, 3.63) is 40.4 Å². The molecule has 1 unspecified atom stereocenters. The zero-order valence-electron chi connectivity index (χ0n) is 14.0. The average molecular weight is 388 g/mol. The summed E-state index contributed by atoms with van der Waals surface area (Å²) in [6.45, 7) is 4.10. The molecule has 1 aliphatic rings. The highest BCUT2D eigenvalue weighted by molar-refractivity contribution is 6.30. The van der Waals surface area contributed by atoms with Crippen LogP contribution in [0.5, 0.6) is 0 Å². The van der Waals surface area contributed by atoms with E-state index in [-0.39, 0.29) is 23.3 Å². The van der Waals surface area contributed by atoms with Crippen molar-refractivity contribution >= 4 is 29.9 Å². The zero-order valence-corrected chi connectivity index (χ0v) is 15.6. The number of halogens is 3. The molecular formula is C16H20Cl2FN5O. The van der Waals surface area contributed by atoms with Crippen LogP contribution in [0.25, 0.3) is 5.69 Å². The molecule has 1 aromatic heterocycles. The van der Waals surface area contributed by atoms with Crippen molar-refractivity contribution in [3.63, 3.8) is 0 Å². The van der Waals surface area contributed by atoms with Gasteiger partial charge in [-0.05, 0) is 51.1 Å². The van der Waals surface area contributed by atoms with Gasteiger partial charge >= 0.3 is 0 Å². The Morgan fingerprint density at radius 3 is 2.92 bits per heavy atom. The second kappa shape index (κ2) is 8.12. The van der Waals surface area contributed by atoms with Crippen LogP contribution in [0.3, 0.4) is 0 Å². The first kappa shape index (κ1) is 19.6. The van der Waals surface area contributed by atoms with E-state index >= 15 is 0 Å². The van der Waals surface area contributed by atoms with Gasteiger partial charge in [0.15, 0.2) is 5.69 Å². The molecule has 0 saturated carbocycles. The van der Waals surface area contributed by atoms with Crippen molar-refractivity contribution in [3.8, 4) is 5.69 Å². The van der Waals surface area contributed by atoms with Gasteiger partial charge in [0.1, 0.15) is 5.82 Å². The Morgan fingerprint density at radius 1 is 1.48 bits per heavy atom. The Kier molecular flexibility index (Phi) is 6.37. The highest BCUT2D eigenvalue weighted by Gasteiger charge is 2.29. The number of rotatable bonds is 4. The summed E-state index contributed by atoms with van der Waals surface area (Å²) in [5.41, 5.74) is 1.50. The van der Waals surface area contributed by atoms with E-state index in [2.05, 4.69) is 15.6 Å². The third kappa shape index (κ3) is 3.94. The van der Waals surface area contributed by atoms with E-state index in [4.69, 9.17) is 11.6 Å². The van der Waals surface area contributed by atoms with Gasteiger partial charge in [0.2, 0.25) is 0 Å². The molecule has 0 aliphatic carbocycles. The van der Waals surface area contributed by atoms with Crippen LogP contribution >= 0.6 is 24.0 Å². The molecule has 0 bridgehead atoms. The molecule has 1 atom stereocenters. The van der Waals surface area contributed by atoms with Gasteiger partial charge in [-0.15, -0.1) is 17.5 Å². The molecule has 1 amide bonds. The molecule has 2 heterocycles. The average Bonchev–Trinajstić information content (AvgIpc) is 3.17. The summed E-state index contributed by atoms with van der Waals surface area (Å²) in [4.78, 5) is 14.5. The summed E-state index contributed by atoms with van der Waals surface area (Å²) in [5, 5.41) is 11.2. The number of hydrogen-bond acceptors (Lipinski definition) is 4. The van der Waals surface area contributed by atoms with E-state index in [0.29, 0.717) is 29.5 Å². The predicted octanol–water partition coefficient (Wildman–Crippen LogP) is 2.47. The number of carbonyl (C=O) groups excluding carboxylic acids is 1. The minimum Gasteiger partial charge on any atom is -0.337 e.